The third-order valence-electron chi connectivity index (χ3n) is 8.00. The van der Waals surface area contributed by atoms with Gasteiger partial charge in [0, 0.05) is 31.1 Å². The predicted molar refractivity (Wildman–Crippen MR) is 189 cm³/mol. The molecule has 0 aliphatic carbocycles. The van der Waals surface area contributed by atoms with Crippen LogP contribution in [0.15, 0.2) is 102 Å². The lowest BCUT2D eigenvalue weighted by Crippen LogP contribution is -2.53. The minimum absolute atomic E-state index is 0.0274. The monoisotopic (exact) mass is 686 g/mol. The molecule has 0 saturated carbocycles. The molecule has 0 spiro atoms. The maximum absolute atomic E-state index is 14.6. The summed E-state index contributed by atoms with van der Waals surface area (Å²) in [6, 6.07) is 25.6. The second-order valence-corrected chi connectivity index (χ2v) is 14.1. The minimum atomic E-state index is -4.54. The summed E-state index contributed by atoms with van der Waals surface area (Å²) >= 11 is 0. The standard InChI is InChI=1S/C37H42N4O7S/c1-26(2)23-38-37(43)35(21-29-11-7-6-8-12-29)39(24-30-13-9-10-27(3)20-30)36(42)25-40(31-15-17-32(48-5)18-16-31)49(46,47)33-19-14-28(4)34(22-33)41(44)45/h6-20,22,26,35H,21,23-25H2,1-5H3,(H,38,43). The molecule has 4 rings (SSSR count). The number of nitro benzene ring substituents is 1. The lowest BCUT2D eigenvalue weighted by atomic mass is 10.0. The normalized spacial score (nSPS) is 11.9. The first-order chi connectivity index (χ1) is 23.3. The molecule has 258 valence electrons. The minimum Gasteiger partial charge on any atom is -0.497 e. The Bertz CT molecular complexity index is 1880. The van der Waals surface area contributed by atoms with Gasteiger partial charge in [-0.2, -0.15) is 0 Å². The number of nitrogens with one attached hydrogen (secondary N) is 1. The Hall–Kier alpha value is -5.23. The third kappa shape index (κ3) is 9.44. The molecule has 0 radical (unpaired) electrons. The Morgan fingerprint density at radius 1 is 0.898 bits per heavy atom. The van der Waals surface area contributed by atoms with Gasteiger partial charge in [-0.05, 0) is 61.2 Å². The molecule has 11 nitrogen and oxygen atoms in total. The fourth-order valence-corrected chi connectivity index (χ4v) is 6.77. The molecule has 1 unspecified atom stereocenters. The number of carbonyl (C=O) groups is 2. The van der Waals surface area contributed by atoms with Crippen molar-refractivity contribution in [2.75, 3.05) is 24.5 Å². The van der Waals surface area contributed by atoms with Gasteiger partial charge in [-0.1, -0.05) is 80.1 Å². The van der Waals surface area contributed by atoms with Gasteiger partial charge in [-0.3, -0.25) is 24.0 Å². The summed E-state index contributed by atoms with van der Waals surface area (Å²) in [7, 11) is -3.07. The topological polar surface area (TPSA) is 139 Å². The summed E-state index contributed by atoms with van der Waals surface area (Å²) in [5.74, 6) is -0.393. The van der Waals surface area contributed by atoms with E-state index in [1.165, 1.54) is 43.2 Å². The molecule has 1 atom stereocenters. The van der Waals surface area contributed by atoms with E-state index in [9.17, 15) is 28.1 Å². The van der Waals surface area contributed by atoms with E-state index in [4.69, 9.17) is 4.74 Å². The van der Waals surface area contributed by atoms with Crippen LogP contribution in [-0.4, -0.2) is 56.3 Å². The molecule has 0 aromatic heterocycles. The van der Waals surface area contributed by atoms with Gasteiger partial charge in [0.15, 0.2) is 0 Å². The number of rotatable bonds is 15. The van der Waals surface area contributed by atoms with Crippen molar-refractivity contribution in [2.24, 2.45) is 5.92 Å². The quantitative estimate of drug-likeness (QED) is 0.123. The molecule has 0 aliphatic rings. The van der Waals surface area contributed by atoms with Crippen LogP contribution >= 0.6 is 0 Å². The van der Waals surface area contributed by atoms with Crippen LogP contribution in [0.2, 0.25) is 0 Å². The molecule has 49 heavy (non-hydrogen) atoms. The van der Waals surface area contributed by atoms with Crippen molar-refractivity contribution in [3.05, 3.63) is 129 Å². The first-order valence-electron chi connectivity index (χ1n) is 15.9. The Morgan fingerprint density at radius 2 is 1.57 bits per heavy atom. The zero-order valence-corrected chi connectivity index (χ0v) is 29.1. The van der Waals surface area contributed by atoms with Gasteiger partial charge in [0.25, 0.3) is 15.7 Å². The van der Waals surface area contributed by atoms with Gasteiger partial charge < -0.3 is 15.0 Å². The number of aryl methyl sites for hydroxylation is 2. The average molecular weight is 687 g/mol. The lowest BCUT2D eigenvalue weighted by molar-refractivity contribution is -0.385. The number of hydrogen-bond donors (Lipinski definition) is 1. The van der Waals surface area contributed by atoms with E-state index >= 15 is 0 Å². The van der Waals surface area contributed by atoms with Gasteiger partial charge >= 0.3 is 0 Å². The Balaban J connectivity index is 1.84. The molecule has 0 saturated heterocycles. The van der Waals surface area contributed by atoms with Crippen LogP contribution in [0.5, 0.6) is 5.75 Å². The molecule has 12 heteroatoms. The van der Waals surface area contributed by atoms with E-state index < -0.39 is 33.4 Å². The van der Waals surface area contributed by atoms with E-state index in [2.05, 4.69) is 5.32 Å². The molecule has 0 aliphatic heterocycles. The van der Waals surface area contributed by atoms with Crippen molar-refractivity contribution in [3.8, 4) is 5.75 Å². The third-order valence-corrected chi connectivity index (χ3v) is 9.77. The summed E-state index contributed by atoms with van der Waals surface area (Å²) in [6.07, 6.45) is 0.182. The number of methoxy groups -OCH3 is 1. The van der Waals surface area contributed by atoms with Crippen molar-refractivity contribution in [3.63, 3.8) is 0 Å². The summed E-state index contributed by atoms with van der Waals surface area (Å²) in [5, 5.41) is 14.7. The lowest BCUT2D eigenvalue weighted by Gasteiger charge is -2.34. The van der Waals surface area contributed by atoms with Gasteiger partial charge in [0.2, 0.25) is 11.8 Å². The highest BCUT2D eigenvalue weighted by Crippen LogP contribution is 2.30. The van der Waals surface area contributed by atoms with Crippen LogP contribution in [0.1, 0.15) is 36.1 Å². The molecule has 0 bridgehead atoms. The highest BCUT2D eigenvalue weighted by atomic mass is 32.2. The fraction of sp³-hybridized carbons (Fsp3) is 0.297. The van der Waals surface area contributed by atoms with Crippen LogP contribution in [0, 0.1) is 29.9 Å². The number of ether oxygens (including phenoxy) is 1. The fourth-order valence-electron chi connectivity index (χ4n) is 5.33. The van der Waals surface area contributed by atoms with Crippen molar-refractivity contribution >= 4 is 33.2 Å². The van der Waals surface area contributed by atoms with Crippen molar-refractivity contribution in [2.45, 2.75) is 51.6 Å². The second kappa shape index (κ2) is 16.2. The largest absolute Gasteiger partial charge is 0.497 e. The Labute approximate surface area is 287 Å². The van der Waals surface area contributed by atoms with Gasteiger partial charge in [0.1, 0.15) is 18.3 Å². The maximum Gasteiger partial charge on any atom is 0.273 e. The van der Waals surface area contributed by atoms with E-state index in [1.54, 1.807) is 12.1 Å². The van der Waals surface area contributed by atoms with E-state index in [0.717, 1.165) is 27.1 Å². The number of benzene rings is 4. The molecule has 0 fully saturated rings. The molecular weight excluding hydrogens is 644 g/mol. The summed E-state index contributed by atoms with van der Waals surface area (Å²) in [6.45, 7) is 7.09. The van der Waals surface area contributed by atoms with Crippen LogP contribution < -0.4 is 14.4 Å². The van der Waals surface area contributed by atoms with Crippen LogP contribution in [0.4, 0.5) is 11.4 Å². The Kier molecular flexibility index (Phi) is 12.1. The smallest absolute Gasteiger partial charge is 0.273 e. The number of anilines is 1. The molecule has 4 aromatic rings. The molecular formula is C37H42N4O7S. The highest BCUT2D eigenvalue weighted by Gasteiger charge is 2.35. The van der Waals surface area contributed by atoms with E-state index in [1.807, 2.05) is 75.4 Å². The number of carbonyl (C=O) groups excluding carboxylic acids is 2. The molecule has 4 aromatic carbocycles. The van der Waals surface area contributed by atoms with E-state index in [-0.39, 0.29) is 46.6 Å². The molecule has 2 amide bonds. The zero-order chi connectivity index (χ0) is 35.7. The maximum atomic E-state index is 14.6. The first-order valence-corrected chi connectivity index (χ1v) is 17.3. The first kappa shape index (κ1) is 36.6. The van der Waals surface area contributed by atoms with Crippen LogP contribution in [0.3, 0.4) is 0 Å². The number of nitro groups is 1. The van der Waals surface area contributed by atoms with Crippen LogP contribution in [-0.2, 0) is 32.6 Å². The number of sulfonamides is 1. The van der Waals surface area contributed by atoms with Gasteiger partial charge in [0.05, 0.1) is 22.6 Å². The van der Waals surface area contributed by atoms with Gasteiger partial charge in [-0.25, -0.2) is 8.42 Å². The summed E-state index contributed by atoms with van der Waals surface area (Å²) < 4.78 is 34.8. The van der Waals surface area contributed by atoms with Gasteiger partial charge in [-0.15, -0.1) is 0 Å². The molecule has 0 heterocycles. The molecule has 1 N–H and O–H groups in total. The SMILES string of the molecule is COc1ccc(N(CC(=O)N(Cc2cccc(C)c2)C(Cc2ccccc2)C(=O)NCC(C)C)S(=O)(=O)c2ccc(C)c([N+](=O)[O-])c2)cc1. The zero-order valence-electron chi connectivity index (χ0n) is 28.3. The predicted octanol–water partition coefficient (Wildman–Crippen LogP) is 5.83. The van der Waals surface area contributed by atoms with Crippen LogP contribution in [0.25, 0.3) is 0 Å². The Morgan fingerprint density at radius 3 is 2.18 bits per heavy atom. The average Bonchev–Trinajstić information content (AvgIpc) is 3.08. The van der Waals surface area contributed by atoms with Crippen molar-refractivity contribution < 1.29 is 27.7 Å². The highest BCUT2D eigenvalue weighted by molar-refractivity contribution is 7.92. The number of amides is 2. The van der Waals surface area contributed by atoms with Crippen molar-refractivity contribution in [1.82, 2.24) is 10.2 Å². The van der Waals surface area contributed by atoms with E-state index in [0.29, 0.717) is 12.3 Å². The number of hydrogen-bond acceptors (Lipinski definition) is 7. The summed E-state index contributed by atoms with van der Waals surface area (Å²) in [4.78, 5) is 40.7. The second-order valence-electron chi connectivity index (χ2n) is 12.3. The van der Waals surface area contributed by atoms with Crippen molar-refractivity contribution in [1.29, 1.82) is 0 Å². The summed E-state index contributed by atoms with van der Waals surface area (Å²) in [5.41, 5.74) is 2.59. The number of nitrogens with zero attached hydrogens (tertiary/aromatic N) is 3.